The first-order valence-electron chi connectivity index (χ1n) is 12.2. The summed E-state index contributed by atoms with van der Waals surface area (Å²) in [6.07, 6.45) is 8.15. The van der Waals surface area contributed by atoms with Crippen molar-refractivity contribution in [3.8, 4) is 5.75 Å². The summed E-state index contributed by atoms with van der Waals surface area (Å²) >= 11 is 0. The average molecular weight is 493 g/mol. The number of hydrogen-bond donors (Lipinski definition) is 2. The highest BCUT2D eigenvalue weighted by atomic mass is 16.5. The van der Waals surface area contributed by atoms with Gasteiger partial charge in [0.1, 0.15) is 12.4 Å². The quantitative estimate of drug-likeness (QED) is 0.157. The molecular weight excluding hydrogens is 456 g/mol. The van der Waals surface area contributed by atoms with Gasteiger partial charge in [0.05, 0.1) is 18.6 Å². The van der Waals surface area contributed by atoms with E-state index < -0.39 is 11.4 Å². The Labute approximate surface area is 213 Å². The maximum atomic E-state index is 12.5. The molecule has 2 aromatic carbocycles. The van der Waals surface area contributed by atoms with Gasteiger partial charge in [0, 0.05) is 22.9 Å². The summed E-state index contributed by atoms with van der Waals surface area (Å²) in [6, 6.07) is 12.3. The van der Waals surface area contributed by atoms with E-state index in [2.05, 4.69) is 6.58 Å². The van der Waals surface area contributed by atoms with E-state index in [1.54, 1.807) is 48.6 Å². The van der Waals surface area contributed by atoms with Crippen molar-refractivity contribution >= 4 is 29.4 Å². The van der Waals surface area contributed by atoms with Crippen molar-refractivity contribution in [2.75, 3.05) is 24.7 Å². The second-order valence-electron chi connectivity index (χ2n) is 9.76. The van der Waals surface area contributed by atoms with Gasteiger partial charge in [-0.1, -0.05) is 38.1 Å². The van der Waals surface area contributed by atoms with Crippen LogP contribution in [-0.2, 0) is 24.5 Å². The zero-order valence-electron chi connectivity index (χ0n) is 21.1. The predicted molar refractivity (Wildman–Crippen MR) is 142 cm³/mol. The van der Waals surface area contributed by atoms with Crippen LogP contribution in [0.1, 0.15) is 50.7 Å². The van der Waals surface area contributed by atoms with Gasteiger partial charge < -0.3 is 25.7 Å². The first-order chi connectivity index (χ1) is 17.2. The smallest absolute Gasteiger partial charge is 0.330 e. The molecule has 1 fully saturated rings. The van der Waals surface area contributed by atoms with Crippen molar-refractivity contribution in [1.29, 1.82) is 0 Å². The first-order valence-corrected chi connectivity index (χ1v) is 12.2. The van der Waals surface area contributed by atoms with Crippen LogP contribution in [0.5, 0.6) is 5.75 Å². The second-order valence-corrected chi connectivity index (χ2v) is 9.76. The van der Waals surface area contributed by atoms with Crippen molar-refractivity contribution in [3.63, 3.8) is 0 Å². The molecule has 36 heavy (non-hydrogen) atoms. The molecule has 0 saturated heterocycles. The van der Waals surface area contributed by atoms with Crippen molar-refractivity contribution in [1.82, 2.24) is 0 Å². The Balaban J connectivity index is 1.46. The molecule has 1 aliphatic rings. The SMILES string of the molecule is C=CCOC1CCC(C(=O)Oc2ccc(C=CC(=O)OCC(C)(C)c3ccc(N)cc3N)cc2)CC1. The van der Waals surface area contributed by atoms with Crippen LogP contribution in [0.4, 0.5) is 11.4 Å². The molecule has 0 heterocycles. The molecule has 7 nitrogen and oxygen atoms in total. The fourth-order valence-corrected chi connectivity index (χ4v) is 4.26. The number of hydrogen-bond acceptors (Lipinski definition) is 7. The summed E-state index contributed by atoms with van der Waals surface area (Å²) < 4.78 is 16.7. The Kier molecular flexibility index (Phi) is 9.31. The van der Waals surface area contributed by atoms with E-state index in [-0.39, 0.29) is 24.6 Å². The molecule has 0 aromatic heterocycles. The van der Waals surface area contributed by atoms with Crippen LogP contribution >= 0.6 is 0 Å². The zero-order valence-corrected chi connectivity index (χ0v) is 21.1. The third kappa shape index (κ3) is 7.71. The van der Waals surface area contributed by atoms with Gasteiger partial charge in [-0.2, -0.15) is 0 Å². The van der Waals surface area contributed by atoms with E-state index in [9.17, 15) is 9.59 Å². The molecule has 2 aromatic rings. The third-order valence-electron chi connectivity index (χ3n) is 6.35. The van der Waals surface area contributed by atoms with Gasteiger partial charge >= 0.3 is 11.9 Å². The molecule has 3 rings (SSSR count). The molecule has 0 bridgehead atoms. The normalized spacial score (nSPS) is 18.1. The maximum absolute atomic E-state index is 12.5. The lowest BCUT2D eigenvalue weighted by molar-refractivity contribution is -0.141. The van der Waals surface area contributed by atoms with Crippen molar-refractivity contribution in [2.24, 2.45) is 5.92 Å². The summed E-state index contributed by atoms with van der Waals surface area (Å²) in [6.45, 7) is 8.27. The molecule has 0 unspecified atom stereocenters. The van der Waals surface area contributed by atoms with Crippen LogP contribution in [0.2, 0.25) is 0 Å². The molecule has 7 heteroatoms. The van der Waals surface area contributed by atoms with Gasteiger partial charge in [-0.15, -0.1) is 6.58 Å². The fraction of sp³-hybridized carbons (Fsp3) is 0.379. The van der Waals surface area contributed by atoms with Crippen molar-refractivity contribution < 1.29 is 23.8 Å². The van der Waals surface area contributed by atoms with Crippen LogP contribution in [0.15, 0.2) is 61.2 Å². The Morgan fingerprint density at radius 3 is 2.39 bits per heavy atom. The minimum atomic E-state index is -0.468. The molecule has 4 N–H and O–H groups in total. The number of anilines is 2. The molecule has 0 amide bonds. The van der Waals surface area contributed by atoms with E-state index >= 15 is 0 Å². The lowest BCUT2D eigenvalue weighted by atomic mass is 9.84. The van der Waals surface area contributed by atoms with Gasteiger partial charge in [-0.05, 0) is 67.2 Å². The van der Waals surface area contributed by atoms with E-state index in [0.717, 1.165) is 36.8 Å². The van der Waals surface area contributed by atoms with Gasteiger partial charge in [0.15, 0.2) is 0 Å². The topological polar surface area (TPSA) is 114 Å². The molecule has 192 valence electrons. The molecule has 0 aliphatic heterocycles. The zero-order chi connectivity index (χ0) is 26.1. The van der Waals surface area contributed by atoms with E-state index in [1.807, 2.05) is 19.9 Å². The Bertz CT molecular complexity index is 1080. The first kappa shape index (κ1) is 27.0. The number of ether oxygens (including phenoxy) is 3. The van der Waals surface area contributed by atoms with Gasteiger partial charge in [0.25, 0.3) is 0 Å². The van der Waals surface area contributed by atoms with Crippen molar-refractivity contribution in [2.45, 2.75) is 51.0 Å². The molecular formula is C29H36N2O5. The molecule has 0 radical (unpaired) electrons. The number of carbonyl (C=O) groups excluding carboxylic acids is 2. The van der Waals surface area contributed by atoms with Gasteiger partial charge in [0.2, 0.25) is 0 Å². The summed E-state index contributed by atoms with van der Waals surface area (Å²) in [4.78, 5) is 24.8. The maximum Gasteiger partial charge on any atom is 0.330 e. The van der Waals surface area contributed by atoms with E-state index in [0.29, 0.717) is 23.7 Å². The number of nitrogen functional groups attached to an aromatic ring is 2. The summed E-state index contributed by atoms with van der Waals surface area (Å²) in [7, 11) is 0. The highest BCUT2D eigenvalue weighted by Gasteiger charge is 2.28. The van der Waals surface area contributed by atoms with Crippen LogP contribution < -0.4 is 16.2 Å². The number of benzene rings is 2. The Morgan fingerprint density at radius 1 is 1.06 bits per heavy atom. The third-order valence-corrected chi connectivity index (χ3v) is 6.35. The molecule has 1 saturated carbocycles. The van der Waals surface area contributed by atoms with Crippen LogP contribution in [-0.4, -0.2) is 31.3 Å². The lowest BCUT2D eigenvalue weighted by Crippen LogP contribution is -2.28. The number of nitrogens with two attached hydrogens (primary N) is 2. The van der Waals surface area contributed by atoms with Gasteiger partial charge in [-0.3, -0.25) is 4.79 Å². The van der Waals surface area contributed by atoms with Crippen molar-refractivity contribution in [3.05, 3.63) is 72.3 Å². The minimum absolute atomic E-state index is 0.115. The molecule has 0 spiro atoms. The number of rotatable bonds is 10. The number of carbonyl (C=O) groups is 2. The standard InChI is InChI=1S/C29H36N2O5/c1-4-17-34-23-13-8-21(9-14-23)28(33)36-24-11-5-20(6-12-24)7-16-27(32)35-19-29(2,3)25-15-10-22(30)18-26(25)31/h4-7,10-12,15-16,18,21,23H,1,8-9,13-14,17,19,30-31H2,2-3H3. The Morgan fingerprint density at radius 2 is 1.75 bits per heavy atom. The second kappa shape index (κ2) is 12.4. The summed E-state index contributed by atoms with van der Waals surface area (Å²) in [5.74, 6) is -0.308. The fourth-order valence-electron chi connectivity index (χ4n) is 4.26. The Hall–Kier alpha value is -3.58. The minimum Gasteiger partial charge on any atom is -0.462 e. The summed E-state index contributed by atoms with van der Waals surface area (Å²) in [5.41, 5.74) is 14.2. The van der Waals surface area contributed by atoms with Crippen LogP contribution in [0.25, 0.3) is 6.08 Å². The van der Waals surface area contributed by atoms with Crippen LogP contribution in [0, 0.1) is 5.92 Å². The van der Waals surface area contributed by atoms with E-state index in [4.69, 9.17) is 25.7 Å². The largest absolute Gasteiger partial charge is 0.462 e. The molecule has 1 aliphatic carbocycles. The van der Waals surface area contributed by atoms with Gasteiger partial charge in [-0.25, -0.2) is 4.79 Å². The lowest BCUT2D eigenvalue weighted by Gasteiger charge is -2.26. The average Bonchev–Trinajstić information content (AvgIpc) is 2.86. The van der Waals surface area contributed by atoms with Crippen LogP contribution in [0.3, 0.4) is 0 Å². The monoisotopic (exact) mass is 492 g/mol. The predicted octanol–water partition coefficient (Wildman–Crippen LogP) is 5.05. The van der Waals surface area contributed by atoms with E-state index in [1.165, 1.54) is 6.08 Å². The highest BCUT2D eigenvalue weighted by Crippen LogP contribution is 2.30. The number of esters is 2. The summed E-state index contributed by atoms with van der Waals surface area (Å²) in [5, 5.41) is 0. The molecule has 0 atom stereocenters. The highest BCUT2D eigenvalue weighted by molar-refractivity contribution is 5.87.